The van der Waals surface area contributed by atoms with Crippen molar-refractivity contribution in [3.05, 3.63) is 40.9 Å². The molecule has 0 fully saturated rings. The monoisotopic (exact) mass is 223 g/mol. The first-order chi connectivity index (χ1) is 7.09. The number of amides is 1. The number of nitrogens with one attached hydrogen (secondary N) is 1. The van der Waals surface area contributed by atoms with Gasteiger partial charge in [0.15, 0.2) is 0 Å². The predicted octanol–water partition coefficient (Wildman–Crippen LogP) is 2.88. The van der Waals surface area contributed by atoms with Gasteiger partial charge in [0.25, 0.3) is 0 Å². The van der Waals surface area contributed by atoms with Gasteiger partial charge < -0.3 is 5.32 Å². The van der Waals surface area contributed by atoms with E-state index in [1.807, 2.05) is 32.0 Å². The van der Waals surface area contributed by atoms with E-state index in [-0.39, 0.29) is 11.9 Å². The van der Waals surface area contributed by atoms with Crippen molar-refractivity contribution >= 4 is 23.6 Å². The number of halogens is 1. The highest BCUT2D eigenvalue weighted by molar-refractivity contribution is 6.32. The average Bonchev–Trinajstić information content (AvgIpc) is 2.15. The van der Waals surface area contributed by atoms with Gasteiger partial charge in [-0.05, 0) is 31.6 Å². The Morgan fingerprint density at radius 3 is 2.67 bits per heavy atom. The van der Waals surface area contributed by atoms with E-state index in [2.05, 4.69) is 5.32 Å². The van der Waals surface area contributed by atoms with Crippen LogP contribution >= 0.6 is 11.6 Å². The van der Waals surface area contributed by atoms with E-state index in [0.29, 0.717) is 5.02 Å². The van der Waals surface area contributed by atoms with Gasteiger partial charge in [0.1, 0.15) is 0 Å². The molecule has 2 nitrogen and oxygen atoms in total. The highest BCUT2D eigenvalue weighted by Crippen LogP contribution is 2.15. The molecule has 1 rings (SSSR count). The number of rotatable bonds is 3. The van der Waals surface area contributed by atoms with Crippen molar-refractivity contribution in [3.8, 4) is 0 Å². The Balaban J connectivity index is 2.66. The first kappa shape index (κ1) is 11.8. The van der Waals surface area contributed by atoms with Crippen molar-refractivity contribution in [3.63, 3.8) is 0 Å². The van der Waals surface area contributed by atoms with Crippen LogP contribution in [0.4, 0.5) is 0 Å². The third-order valence-corrected chi connectivity index (χ3v) is 2.09. The lowest BCUT2D eigenvalue weighted by Gasteiger charge is -2.04. The first-order valence-electron chi connectivity index (χ1n) is 4.82. The topological polar surface area (TPSA) is 29.1 Å². The molecule has 0 aromatic heterocycles. The molecule has 80 valence electrons. The van der Waals surface area contributed by atoms with Crippen molar-refractivity contribution in [1.29, 1.82) is 0 Å². The minimum absolute atomic E-state index is 0.107. The molecule has 0 spiro atoms. The van der Waals surface area contributed by atoms with Crippen molar-refractivity contribution in [2.75, 3.05) is 0 Å². The van der Waals surface area contributed by atoms with Crippen LogP contribution in [0.1, 0.15) is 19.4 Å². The van der Waals surface area contributed by atoms with Crippen LogP contribution in [0.3, 0.4) is 0 Å². The number of hydrogen-bond acceptors (Lipinski definition) is 1. The molecule has 0 atom stereocenters. The molecule has 0 unspecified atom stereocenters. The van der Waals surface area contributed by atoms with Crippen LogP contribution in [0.15, 0.2) is 30.3 Å². The second-order valence-electron chi connectivity index (χ2n) is 3.52. The summed E-state index contributed by atoms with van der Waals surface area (Å²) in [6, 6.07) is 7.54. The van der Waals surface area contributed by atoms with Gasteiger partial charge in [0, 0.05) is 17.1 Å². The van der Waals surface area contributed by atoms with Crippen LogP contribution < -0.4 is 5.32 Å². The SMILES string of the molecule is CC(C)NC(=O)/C=C/c1ccccc1Cl. The van der Waals surface area contributed by atoms with E-state index >= 15 is 0 Å². The Morgan fingerprint density at radius 2 is 2.07 bits per heavy atom. The zero-order chi connectivity index (χ0) is 11.3. The fourth-order valence-electron chi connectivity index (χ4n) is 1.11. The molecule has 0 aliphatic rings. The van der Waals surface area contributed by atoms with Gasteiger partial charge in [0.05, 0.1) is 0 Å². The molecule has 1 N–H and O–H groups in total. The average molecular weight is 224 g/mol. The number of benzene rings is 1. The van der Waals surface area contributed by atoms with E-state index in [0.717, 1.165) is 5.56 Å². The van der Waals surface area contributed by atoms with Crippen LogP contribution in [0.25, 0.3) is 6.08 Å². The summed E-state index contributed by atoms with van der Waals surface area (Å²) in [4.78, 5) is 11.3. The van der Waals surface area contributed by atoms with Crippen LogP contribution in [0.5, 0.6) is 0 Å². The van der Waals surface area contributed by atoms with E-state index in [9.17, 15) is 4.79 Å². The van der Waals surface area contributed by atoms with Gasteiger partial charge in [-0.15, -0.1) is 0 Å². The summed E-state index contributed by atoms with van der Waals surface area (Å²) in [7, 11) is 0. The molecule has 0 radical (unpaired) electrons. The number of carbonyl (C=O) groups excluding carboxylic acids is 1. The Morgan fingerprint density at radius 1 is 1.40 bits per heavy atom. The Kier molecular flexibility index (Phi) is 4.37. The van der Waals surface area contributed by atoms with Crippen LogP contribution in [0, 0.1) is 0 Å². The summed E-state index contributed by atoms with van der Waals surface area (Å²) < 4.78 is 0. The lowest BCUT2D eigenvalue weighted by atomic mass is 10.2. The van der Waals surface area contributed by atoms with Crippen molar-refractivity contribution in [2.24, 2.45) is 0 Å². The predicted molar refractivity (Wildman–Crippen MR) is 63.8 cm³/mol. The Labute approximate surface area is 94.9 Å². The van der Waals surface area contributed by atoms with Gasteiger partial charge in [-0.3, -0.25) is 4.79 Å². The maximum absolute atomic E-state index is 11.3. The third kappa shape index (κ3) is 4.17. The molecule has 15 heavy (non-hydrogen) atoms. The summed E-state index contributed by atoms with van der Waals surface area (Å²) in [5.41, 5.74) is 0.845. The maximum atomic E-state index is 11.3. The molecule has 0 saturated carbocycles. The second-order valence-corrected chi connectivity index (χ2v) is 3.93. The third-order valence-electron chi connectivity index (χ3n) is 1.75. The zero-order valence-electron chi connectivity index (χ0n) is 8.83. The largest absolute Gasteiger partial charge is 0.350 e. The maximum Gasteiger partial charge on any atom is 0.244 e. The molecule has 0 bridgehead atoms. The van der Waals surface area contributed by atoms with Crippen LogP contribution in [-0.2, 0) is 4.79 Å². The van der Waals surface area contributed by atoms with E-state index in [1.54, 1.807) is 12.1 Å². The van der Waals surface area contributed by atoms with Crippen LogP contribution in [-0.4, -0.2) is 11.9 Å². The minimum atomic E-state index is -0.107. The van der Waals surface area contributed by atoms with Crippen molar-refractivity contribution in [2.45, 2.75) is 19.9 Å². The quantitative estimate of drug-likeness (QED) is 0.785. The lowest BCUT2D eigenvalue weighted by molar-refractivity contribution is -0.116. The molecule has 0 aliphatic carbocycles. The normalized spacial score (nSPS) is 10.9. The Bertz CT molecular complexity index is 372. The van der Waals surface area contributed by atoms with Crippen molar-refractivity contribution < 1.29 is 4.79 Å². The van der Waals surface area contributed by atoms with Gasteiger partial charge >= 0.3 is 0 Å². The van der Waals surface area contributed by atoms with E-state index < -0.39 is 0 Å². The second kappa shape index (κ2) is 5.56. The minimum Gasteiger partial charge on any atom is -0.350 e. The van der Waals surface area contributed by atoms with Gasteiger partial charge in [-0.2, -0.15) is 0 Å². The molecule has 0 aliphatic heterocycles. The fourth-order valence-corrected chi connectivity index (χ4v) is 1.31. The van der Waals surface area contributed by atoms with Crippen LogP contribution in [0.2, 0.25) is 5.02 Å². The van der Waals surface area contributed by atoms with E-state index in [4.69, 9.17) is 11.6 Å². The molecule has 0 heterocycles. The first-order valence-corrected chi connectivity index (χ1v) is 5.20. The lowest BCUT2D eigenvalue weighted by Crippen LogP contribution is -2.28. The summed E-state index contributed by atoms with van der Waals surface area (Å²) in [5, 5.41) is 3.41. The van der Waals surface area contributed by atoms with Gasteiger partial charge in [-0.25, -0.2) is 0 Å². The summed E-state index contributed by atoms with van der Waals surface area (Å²) in [6.45, 7) is 3.84. The highest BCUT2D eigenvalue weighted by atomic mass is 35.5. The molecular formula is C12H14ClNO. The standard InChI is InChI=1S/C12H14ClNO/c1-9(2)14-12(15)8-7-10-5-3-4-6-11(10)13/h3-9H,1-2H3,(H,14,15)/b8-7+. The molecule has 0 saturated heterocycles. The number of carbonyl (C=O) groups is 1. The Hall–Kier alpha value is -1.28. The number of hydrogen-bond donors (Lipinski definition) is 1. The zero-order valence-corrected chi connectivity index (χ0v) is 9.58. The van der Waals surface area contributed by atoms with Crippen molar-refractivity contribution in [1.82, 2.24) is 5.32 Å². The molecule has 3 heteroatoms. The molecule has 1 amide bonds. The van der Waals surface area contributed by atoms with Gasteiger partial charge in [-0.1, -0.05) is 29.8 Å². The molecule has 1 aromatic rings. The summed E-state index contributed by atoms with van der Waals surface area (Å²) >= 11 is 5.93. The van der Waals surface area contributed by atoms with Gasteiger partial charge in [0.2, 0.25) is 5.91 Å². The van der Waals surface area contributed by atoms with E-state index in [1.165, 1.54) is 6.08 Å². The molecule has 1 aromatic carbocycles. The summed E-state index contributed by atoms with van der Waals surface area (Å²) in [6.07, 6.45) is 3.20. The molecular weight excluding hydrogens is 210 g/mol. The summed E-state index contributed by atoms with van der Waals surface area (Å²) in [5.74, 6) is -0.107. The smallest absolute Gasteiger partial charge is 0.244 e. The highest BCUT2D eigenvalue weighted by Gasteiger charge is 1.98. The fraction of sp³-hybridized carbons (Fsp3) is 0.250.